The molecular formula is C38H51F2N3O2. The molecule has 0 bridgehead atoms. The van der Waals surface area contributed by atoms with Crippen molar-refractivity contribution in [3.63, 3.8) is 0 Å². The van der Waals surface area contributed by atoms with E-state index >= 15 is 0 Å². The van der Waals surface area contributed by atoms with Crippen molar-refractivity contribution in [3.05, 3.63) is 101 Å². The number of nitrogens with one attached hydrogen (secondary N) is 2. The molecule has 1 saturated carbocycles. The fourth-order valence-corrected chi connectivity index (χ4v) is 6.69. The van der Waals surface area contributed by atoms with Crippen molar-refractivity contribution in [3.8, 4) is 0 Å². The van der Waals surface area contributed by atoms with E-state index in [-0.39, 0.29) is 17.9 Å². The Bertz CT molecular complexity index is 1350. The van der Waals surface area contributed by atoms with E-state index in [9.17, 15) is 18.7 Å². The number of benzene rings is 3. The fourth-order valence-electron chi connectivity index (χ4n) is 6.69. The van der Waals surface area contributed by atoms with Gasteiger partial charge in [0.25, 0.3) is 0 Å². The Morgan fingerprint density at radius 1 is 0.867 bits per heavy atom. The Labute approximate surface area is 268 Å². The van der Waals surface area contributed by atoms with Gasteiger partial charge in [0, 0.05) is 36.9 Å². The molecule has 0 spiro atoms. The van der Waals surface area contributed by atoms with Crippen LogP contribution in [0.2, 0.25) is 0 Å². The summed E-state index contributed by atoms with van der Waals surface area (Å²) in [5, 5.41) is 18.9. The lowest BCUT2D eigenvalue weighted by molar-refractivity contribution is -0.130. The van der Waals surface area contributed by atoms with Crippen LogP contribution in [0.4, 0.5) is 14.5 Å². The van der Waals surface area contributed by atoms with Crippen molar-refractivity contribution in [2.75, 3.05) is 25.0 Å². The standard InChI is InChI=1S/C38H51F2N3O2/c1-4-18-43(19-5-2)37(45)25-29-13-11-15-34(23-29)42-35(24-30-21-32(39)26-33(40)22-30)36(44)27-41-38(16-8-7-9-17-38)31-14-10-12-28(6-3)20-31/h10-15,20-23,26,35-36,41-42,44H,4-9,16-19,24-25,27H2,1-3H3. The van der Waals surface area contributed by atoms with Gasteiger partial charge in [-0.05, 0) is 85.0 Å². The molecule has 2 atom stereocenters. The monoisotopic (exact) mass is 619 g/mol. The van der Waals surface area contributed by atoms with E-state index in [0.29, 0.717) is 18.5 Å². The molecule has 5 nitrogen and oxygen atoms in total. The molecule has 1 amide bonds. The first-order valence-corrected chi connectivity index (χ1v) is 16.9. The average Bonchev–Trinajstić information content (AvgIpc) is 3.03. The number of aryl methyl sites for hydroxylation is 1. The van der Waals surface area contributed by atoms with Crippen molar-refractivity contribution in [2.45, 2.75) is 103 Å². The van der Waals surface area contributed by atoms with E-state index in [1.54, 1.807) is 0 Å². The van der Waals surface area contributed by atoms with Crippen LogP contribution in [0, 0.1) is 11.6 Å². The summed E-state index contributed by atoms with van der Waals surface area (Å²) in [6.07, 6.45) is 7.83. The zero-order valence-corrected chi connectivity index (χ0v) is 27.3. The number of aliphatic hydroxyl groups excluding tert-OH is 1. The van der Waals surface area contributed by atoms with Gasteiger partial charge >= 0.3 is 0 Å². The quantitative estimate of drug-likeness (QED) is 0.155. The Morgan fingerprint density at radius 3 is 2.20 bits per heavy atom. The number of aliphatic hydroxyl groups is 1. The third kappa shape index (κ3) is 9.85. The maximum atomic E-state index is 14.2. The highest BCUT2D eigenvalue weighted by molar-refractivity contribution is 5.79. The summed E-state index contributed by atoms with van der Waals surface area (Å²) in [7, 11) is 0. The van der Waals surface area contributed by atoms with Crippen molar-refractivity contribution in [1.29, 1.82) is 0 Å². The van der Waals surface area contributed by atoms with Crippen molar-refractivity contribution in [2.24, 2.45) is 0 Å². The third-order valence-electron chi connectivity index (χ3n) is 9.06. The molecule has 7 heteroatoms. The summed E-state index contributed by atoms with van der Waals surface area (Å²) in [4.78, 5) is 15.0. The summed E-state index contributed by atoms with van der Waals surface area (Å²) in [6, 6.07) is 19.4. The molecular weight excluding hydrogens is 568 g/mol. The topological polar surface area (TPSA) is 64.6 Å². The van der Waals surface area contributed by atoms with Crippen LogP contribution in [-0.4, -0.2) is 47.7 Å². The van der Waals surface area contributed by atoms with Gasteiger partial charge < -0.3 is 20.6 Å². The van der Waals surface area contributed by atoms with Crippen LogP contribution in [0.25, 0.3) is 0 Å². The molecule has 3 aromatic carbocycles. The van der Waals surface area contributed by atoms with Crippen LogP contribution in [0.5, 0.6) is 0 Å². The zero-order valence-electron chi connectivity index (χ0n) is 27.3. The number of carbonyl (C=O) groups excluding carboxylic acids is 1. The van der Waals surface area contributed by atoms with Gasteiger partial charge in [0.1, 0.15) is 11.6 Å². The Kier molecular flexibility index (Phi) is 13.0. The molecule has 0 heterocycles. The number of carbonyl (C=O) groups is 1. The Balaban J connectivity index is 1.55. The molecule has 3 N–H and O–H groups in total. The predicted molar refractivity (Wildman–Crippen MR) is 179 cm³/mol. The number of anilines is 1. The number of halogens is 2. The molecule has 2 unspecified atom stereocenters. The molecule has 1 aliphatic carbocycles. The van der Waals surface area contributed by atoms with E-state index in [2.05, 4.69) is 55.7 Å². The van der Waals surface area contributed by atoms with Gasteiger partial charge in [-0.15, -0.1) is 0 Å². The van der Waals surface area contributed by atoms with Crippen molar-refractivity contribution >= 4 is 11.6 Å². The molecule has 0 saturated heterocycles. The van der Waals surface area contributed by atoms with Crippen molar-refractivity contribution in [1.82, 2.24) is 10.2 Å². The van der Waals surface area contributed by atoms with Gasteiger partial charge in [-0.25, -0.2) is 8.78 Å². The van der Waals surface area contributed by atoms with E-state index in [1.807, 2.05) is 29.2 Å². The lowest BCUT2D eigenvalue weighted by Crippen LogP contribution is -2.50. The first kappa shape index (κ1) is 34.6. The summed E-state index contributed by atoms with van der Waals surface area (Å²) in [5.74, 6) is -1.19. The summed E-state index contributed by atoms with van der Waals surface area (Å²) < 4.78 is 28.4. The zero-order chi connectivity index (χ0) is 32.2. The minimum absolute atomic E-state index is 0.0943. The molecule has 3 aromatic rings. The van der Waals surface area contributed by atoms with Gasteiger partial charge in [-0.2, -0.15) is 0 Å². The van der Waals surface area contributed by atoms with Gasteiger partial charge in [-0.3, -0.25) is 4.79 Å². The summed E-state index contributed by atoms with van der Waals surface area (Å²) >= 11 is 0. The molecule has 4 rings (SSSR count). The van der Waals surface area contributed by atoms with E-state index in [4.69, 9.17) is 0 Å². The highest BCUT2D eigenvalue weighted by atomic mass is 19.1. The molecule has 45 heavy (non-hydrogen) atoms. The predicted octanol–water partition coefficient (Wildman–Crippen LogP) is 7.55. The lowest BCUT2D eigenvalue weighted by Gasteiger charge is -2.40. The van der Waals surface area contributed by atoms with Gasteiger partial charge in [0.15, 0.2) is 0 Å². The maximum absolute atomic E-state index is 14.2. The first-order chi connectivity index (χ1) is 21.7. The molecule has 1 fully saturated rings. The third-order valence-corrected chi connectivity index (χ3v) is 9.06. The second-order valence-electron chi connectivity index (χ2n) is 12.6. The minimum Gasteiger partial charge on any atom is -0.390 e. The molecule has 1 aliphatic rings. The smallest absolute Gasteiger partial charge is 0.226 e. The van der Waals surface area contributed by atoms with E-state index < -0.39 is 23.8 Å². The number of hydrogen-bond acceptors (Lipinski definition) is 4. The SMILES string of the molecule is CCCN(CCC)C(=O)Cc1cccc(NC(Cc2cc(F)cc(F)c2)C(O)CNC2(c3cccc(CC)c3)CCCCC2)c1. The molecule has 0 radical (unpaired) electrons. The van der Waals surface area contributed by atoms with Gasteiger partial charge in [-0.1, -0.05) is 76.4 Å². The van der Waals surface area contributed by atoms with Crippen LogP contribution in [0.3, 0.4) is 0 Å². The molecule has 0 aliphatic heterocycles. The van der Waals surface area contributed by atoms with E-state index in [0.717, 1.165) is 75.4 Å². The number of nitrogens with zero attached hydrogens (tertiary/aromatic N) is 1. The second-order valence-corrected chi connectivity index (χ2v) is 12.6. The first-order valence-electron chi connectivity index (χ1n) is 16.9. The van der Waals surface area contributed by atoms with Gasteiger partial charge in [0.05, 0.1) is 18.6 Å². The van der Waals surface area contributed by atoms with Gasteiger partial charge in [0.2, 0.25) is 5.91 Å². The van der Waals surface area contributed by atoms with Crippen LogP contribution < -0.4 is 10.6 Å². The Morgan fingerprint density at radius 2 is 1.53 bits per heavy atom. The normalized spacial score (nSPS) is 15.8. The van der Waals surface area contributed by atoms with Crippen LogP contribution in [-0.2, 0) is 29.6 Å². The number of hydrogen-bond donors (Lipinski definition) is 3. The number of amides is 1. The summed E-state index contributed by atoms with van der Waals surface area (Å²) in [6.45, 7) is 8.09. The second kappa shape index (κ2) is 16.9. The lowest BCUT2D eigenvalue weighted by atomic mass is 9.76. The Hall–Kier alpha value is -3.29. The fraction of sp³-hybridized carbons (Fsp3) is 0.500. The highest BCUT2D eigenvalue weighted by Crippen LogP contribution is 2.37. The summed E-state index contributed by atoms with van der Waals surface area (Å²) in [5.41, 5.74) is 4.40. The maximum Gasteiger partial charge on any atom is 0.226 e. The molecule has 0 aromatic heterocycles. The van der Waals surface area contributed by atoms with Crippen molar-refractivity contribution < 1.29 is 18.7 Å². The minimum atomic E-state index is -0.862. The largest absolute Gasteiger partial charge is 0.390 e. The van der Waals surface area contributed by atoms with E-state index in [1.165, 1.54) is 29.7 Å². The molecule has 244 valence electrons. The van der Waals surface area contributed by atoms with Crippen LogP contribution in [0.15, 0.2) is 66.7 Å². The average molecular weight is 620 g/mol. The number of rotatable bonds is 16. The van der Waals surface area contributed by atoms with Crippen LogP contribution in [0.1, 0.15) is 88.0 Å². The van der Waals surface area contributed by atoms with Crippen LogP contribution >= 0.6 is 0 Å². The highest BCUT2D eigenvalue weighted by Gasteiger charge is 2.35.